The number of aliphatic hydroxyl groups excluding tert-OH is 1. The van der Waals surface area contributed by atoms with E-state index in [9.17, 15) is 5.11 Å². The minimum absolute atomic E-state index is 0.111. The molecule has 1 fully saturated rings. The second-order valence-corrected chi connectivity index (χ2v) is 5.00. The van der Waals surface area contributed by atoms with E-state index in [-0.39, 0.29) is 6.61 Å². The standard InChI is InChI=1S/C13H19N5O/c14-11-9-17-6-5-15-12(17)13(16-11)18(7-8-19)10-3-1-2-4-10/h5-6,9-10,19H,1-4,7-8,14H2. The first-order valence-corrected chi connectivity index (χ1v) is 6.76. The largest absolute Gasteiger partial charge is 0.395 e. The van der Waals surface area contributed by atoms with Gasteiger partial charge in [-0.1, -0.05) is 12.8 Å². The van der Waals surface area contributed by atoms with Gasteiger partial charge >= 0.3 is 0 Å². The van der Waals surface area contributed by atoms with Crippen LogP contribution in [0.15, 0.2) is 18.6 Å². The molecule has 2 heterocycles. The van der Waals surface area contributed by atoms with Crippen LogP contribution in [-0.4, -0.2) is 38.7 Å². The van der Waals surface area contributed by atoms with Gasteiger partial charge in [0.25, 0.3) is 0 Å². The molecule has 1 aliphatic rings. The maximum Gasteiger partial charge on any atom is 0.180 e. The number of hydrogen-bond acceptors (Lipinski definition) is 5. The fourth-order valence-corrected chi connectivity index (χ4v) is 2.91. The summed E-state index contributed by atoms with van der Waals surface area (Å²) in [5.74, 6) is 1.26. The van der Waals surface area contributed by atoms with Gasteiger partial charge in [0, 0.05) is 25.0 Å². The van der Waals surface area contributed by atoms with Gasteiger partial charge in [-0.15, -0.1) is 0 Å². The number of hydrogen-bond donors (Lipinski definition) is 2. The van der Waals surface area contributed by atoms with Crippen LogP contribution in [0.2, 0.25) is 0 Å². The van der Waals surface area contributed by atoms with Crippen molar-refractivity contribution in [2.75, 3.05) is 23.8 Å². The molecule has 6 nitrogen and oxygen atoms in total. The van der Waals surface area contributed by atoms with E-state index in [1.165, 1.54) is 12.8 Å². The summed E-state index contributed by atoms with van der Waals surface area (Å²) in [6.07, 6.45) is 10.1. The SMILES string of the molecule is Nc1cn2ccnc2c(N(CCO)C2CCCC2)n1. The molecule has 0 bridgehead atoms. The third-order valence-corrected chi connectivity index (χ3v) is 3.75. The van der Waals surface area contributed by atoms with Crippen LogP contribution in [0, 0.1) is 0 Å². The highest BCUT2D eigenvalue weighted by Gasteiger charge is 2.25. The third kappa shape index (κ3) is 2.23. The van der Waals surface area contributed by atoms with Gasteiger partial charge < -0.3 is 20.1 Å². The van der Waals surface area contributed by atoms with Crippen molar-refractivity contribution < 1.29 is 5.11 Å². The van der Waals surface area contributed by atoms with Crippen molar-refractivity contribution in [1.82, 2.24) is 14.4 Å². The van der Waals surface area contributed by atoms with E-state index in [1.54, 1.807) is 12.4 Å². The molecule has 0 unspecified atom stereocenters. The summed E-state index contributed by atoms with van der Waals surface area (Å²) in [7, 11) is 0. The molecule has 6 heteroatoms. The average Bonchev–Trinajstić information content (AvgIpc) is 3.05. The van der Waals surface area contributed by atoms with Crippen LogP contribution < -0.4 is 10.6 Å². The fraction of sp³-hybridized carbons (Fsp3) is 0.538. The number of fused-ring (bicyclic) bond motifs is 1. The van der Waals surface area contributed by atoms with Crippen molar-refractivity contribution in [2.45, 2.75) is 31.7 Å². The second-order valence-electron chi connectivity index (χ2n) is 5.00. The first-order valence-electron chi connectivity index (χ1n) is 6.76. The predicted molar refractivity (Wildman–Crippen MR) is 74.1 cm³/mol. The van der Waals surface area contributed by atoms with E-state index < -0.39 is 0 Å². The number of rotatable bonds is 4. The Labute approximate surface area is 111 Å². The van der Waals surface area contributed by atoms with Crippen LogP contribution in [0.4, 0.5) is 11.6 Å². The van der Waals surface area contributed by atoms with Crippen LogP contribution in [0.5, 0.6) is 0 Å². The zero-order valence-electron chi connectivity index (χ0n) is 10.9. The van der Waals surface area contributed by atoms with Crippen LogP contribution >= 0.6 is 0 Å². The number of nitrogens with two attached hydrogens (primary N) is 1. The monoisotopic (exact) mass is 261 g/mol. The minimum Gasteiger partial charge on any atom is -0.395 e. The number of anilines is 2. The van der Waals surface area contributed by atoms with E-state index in [0.717, 1.165) is 24.3 Å². The molecule has 0 saturated heterocycles. The van der Waals surface area contributed by atoms with Crippen LogP contribution in [0.3, 0.4) is 0 Å². The van der Waals surface area contributed by atoms with Crippen molar-refractivity contribution in [3.05, 3.63) is 18.6 Å². The molecule has 1 aliphatic carbocycles. The smallest absolute Gasteiger partial charge is 0.180 e. The van der Waals surface area contributed by atoms with Crippen LogP contribution in [0.1, 0.15) is 25.7 Å². The molecule has 19 heavy (non-hydrogen) atoms. The summed E-state index contributed by atoms with van der Waals surface area (Å²) in [5, 5.41) is 9.32. The minimum atomic E-state index is 0.111. The lowest BCUT2D eigenvalue weighted by atomic mass is 10.2. The molecule has 1 saturated carbocycles. The van der Waals surface area contributed by atoms with E-state index in [0.29, 0.717) is 18.4 Å². The lowest BCUT2D eigenvalue weighted by molar-refractivity contribution is 0.297. The number of aromatic nitrogens is 3. The summed E-state index contributed by atoms with van der Waals surface area (Å²) < 4.78 is 1.89. The molecule has 102 valence electrons. The van der Waals surface area contributed by atoms with E-state index in [4.69, 9.17) is 5.73 Å². The van der Waals surface area contributed by atoms with E-state index in [2.05, 4.69) is 14.9 Å². The Morgan fingerprint density at radius 1 is 1.42 bits per heavy atom. The van der Waals surface area contributed by atoms with Gasteiger partial charge in [0.05, 0.1) is 12.8 Å². The van der Waals surface area contributed by atoms with Gasteiger partial charge in [0.15, 0.2) is 11.5 Å². The van der Waals surface area contributed by atoms with Crippen molar-refractivity contribution >= 4 is 17.3 Å². The van der Waals surface area contributed by atoms with Crippen LogP contribution in [-0.2, 0) is 0 Å². The highest BCUT2D eigenvalue weighted by Crippen LogP contribution is 2.29. The van der Waals surface area contributed by atoms with Gasteiger partial charge in [0.2, 0.25) is 0 Å². The van der Waals surface area contributed by atoms with Crippen molar-refractivity contribution in [1.29, 1.82) is 0 Å². The highest BCUT2D eigenvalue weighted by molar-refractivity contribution is 5.66. The number of nitrogens with zero attached hydrogens (tertiary/aromatic N) is 4. The average molecular weight is 261 g/mol. The number of aliphatic hydroxyl groups is 1. The van der Waals surface area contributed by atoms with Crippen molar-refractivity contribution in [2.24, 2.45) is 0 Å². The number of nitrogen functional groups attached to an aromatic ring is 1. The molecule has 0 atom stereocenters. The molecule has 2 aromatic heterocycles. The van der Waals surface area contributed by atoms with Gasteiger partial charge in [-0.2, -0.15) is 0 Å². The summed E-state index contributed by atoms with van der Waals surface area (Å²) in [6, 6.07) is 0.432. The van der Waals surface area contributed by atoms with Gasteiger partial charge in [-0.25, -0.2) is 9.97 Å². The molecule has 0 amide bonds. The molecule has 3 N–H and O–H groups in total. The lowest BCUT2D eigenvalue weighted by Crippen LogP contribution is -2.36. The Hall–Kier alpha value is -1.82. The Bertz CT molecular complexity index is 561. The Kier molecular flexibility index (Phi) is 3.25. The first kappa shape index (κ1) is 12.2. The zero-order chi connectivity index (χ0) is 13.2. The predicted octanol–water partition coefficient (Wildman–Crippen LogP) is 1.05. The molecule has 3 rings (SSSR count). The molecular formula is C13H19N5O. The molecule has 0 spiro atoms. The van der Waals surface area contributed by atoms with Gasteiger partial charge in [0.1, 0.15) is 5.82 Å². The molecule has 0 aliphatic heterocycles. The normalized spacial score (nSPS) is 16.3. The summed E-state index contributed by atoms with van der Waals surface area (Å²) in [4.78, 5) is 11.0. The topological polar surface area (TPSA) is 79.7 Å². The van der Waals surface area contributed by atoms with E-state index in [1.807, 2.05) is 10.6 Å². The van der Waals surface area contributed by atoms with E-state index >= 15 is 0 Å². The zero-order valence-corrected chi connectivity index (χ0v) is 10.9. The molecule has 2 aromatic rings. The third-order valence-electron chi connectivity index (χ3n) is 3.75. The summed E-state index contributed by atoms with van der Waals surface area (Å²) >= 11 is 0. The molecular weight excluding hydrogens is 242 g/mol. The molecule has 0 aromatic carbocycles. The summed E-state index contributed by atoms with van der Waals surface area (Å²) in [6.45, 7) is 0.684. The van der Waals surface area contributed by atoms with Crippen molar-refractivity contribution in [3.63, 3.8) is 0 Å². The van der Waals surface area contributed by atoms with Gasteiger partial charge in [-0.3, -0.25) is 0 Å². The first-order chi connectivity index (χ1) is 9.29. The van der Waals surface area contributed by atoms with Crippen LogP contribution in [0.25, 0.3) is 5.65 Å². The second kappa shape index (κ2) is 5.05. The Morgan fingerprint density at radius 2 is 2.21 bits per heavy atom. The fourth-order valence-electron chi connectivity index (χ4n) is 2.91. The maximum atomic E-state index is 9.32. The lowest BCUT2D eigenvalue weighted by Gasteiger charge is -2.29. The Balaban J connectivity index is 2.05. The van der Waals surface area contributed by atoms with Gasteiger partial charge in [-0.05, 0) is 12.8 Å². The molecule has 0 radical (unpaired) electrons. The quantitative estimate of drug-likeness (QED) is 0.860. The highest BCUT2D eigenvalue weighted by atomic mass is 16.3. The summed E-state index contributed by atoms with van der Waals surface area (Å²) in [5.41, 5.74) is 6.67. The number of imidazole rings is 1. The van der Waals surface area contributed by atoms with Crippen molar-refractivity contribution in [3.8, 4) is 0 Å². The Morgan fingerprint density at radius 3 is 2.95 bits per heavy atom. The maximum absolute atomic E-state index is 9.32.